The first-order valence-corrected chi connectivity index (χ1v) is 4.47. The van der Waals surface area contributed by atoms with Crippen LogP contribution in [0.1, 0.15) is 6.92 Å². The fourth-order valence-corrected chi connectivity index (χ4v) is 1.71. The van der Waals surface area contributed by atoms with Gasteiger partial charge < -0.3 is 15.5 Å². The number of nitrogens with one attached hydrogen (secondary N) is 1. The molecular weight excluding hydrogens is 198 g/mol. The van der Waals surface area contributed by atoms with Crippen LogP contribution >= 0.6 is 0 Å². The molecule has 0 bridgehead atoms. The van der Waals surface area contributed by atoms with Crippen molar-refractivity contribution in [2.24, 2.45) is 5.41 Å². The van der Waals surface area contributed by atoms with Gasteiger partial charge in [-0.3, -0.25) is 4.79 Å². The highest BCUT2D eigenvalue weighted by Gasteiger charge is 2.43. The predicted octanol–water partition coefficient (Wildman–Crippen LogP) is 0.246. The lowest BCUT2D eigenvalue weighted by Gasteiger charge is -2.33. The summed E-state index contributed by atoms with van der Waals surface area (Å²) in [4.78, 5) is 22.0. The Hall–Kier alpha value is -1.62. The maximum atomic E-state index is 11.1. The molecule has 1 aliphatic rings. The molecule has 82 valence electrons. The monoisotopic (exact) mass is 211 g/mol. The molecule has 1 rings (SSSR count). The molecule has 0 aromatic carbocycles. The van der Waals surface area contributed by atoms with Crippen LogP contribution in [0.5, 0.6) is 0 Å². The predicted molar refractivity (Wildman–Crippen MR) is 53.4 cm³/mol. The van der Waals surface area contributed by atoms with Gasteiger partial charge in [-0.2, -0.15) is 0 Å². The van der Waals surface area contributed by atoms with E-state index in [9.17, 15) is 9.59 Å². The van der Waals surface area contributed by atoms with Gasteiger partial charge in [-0.25, -0.2) is 4.79 Å². The quantitative estimate of drug-likeness (QED) is 0.622. The summed E-state index contributed by atoms with van der Waals surface area (Å²) in [5.41, 5.74) is -1.16. The van der Waals surface area contributed by atoms with Crippen LogP contribution < -0.4 is 5.32 Å². The first-order chi connectivity index (χ1) is 6.93. The van der Waals surface area contributed by atoms with Crippen molar-refractivity contribution in [3.63, 3.8) is 0 Å². The number of carboxylic acid groups (broad SMARTS) is 2. The van der Waals surface area contributed by atoms with Crippen molar-refractivity contribution in [2.75, 3.05) is 7.05 Å². The summed E-state index contributed by atoms with van der Waals surface area (Å²) in [5.74, 6) is -2.16. The van der Waals surface area contributed by atoms with Crippen molar-refractivity contribution >= 4 is 11.9 Å². The van der Waals surface area contributed by atoms with Crippen molar-refractivity contribution in [2.45, 2.75) is 13.0 Å². The van der Waals surface area contributed by atoms with Gasteiger partial charge >= 0.3 is 11.9 Å². The minimum atomic E-state index is -1.22. The van der Waals surface area contributed by atoms with Crippen LogP contribution in [0, 0.1) is 5.41 Å². The lowest BCUT2D eigenvalue weighted by Crippen LogP contribution is -2.49. The fourth-order valence-electron chi connectivity index (χ4n) is 1.71. The lowest BCUT2D eigenvalue weighted by molar-refractivity contribution is -0.146. The standard InChI is InChI=1S/C10H13NO4/c1-10(9(14)15)5-3-4-6(8(12)13)7(10)11-2/h3-5,7,11H,1-2H3,(H,12,13)(H,14,15). The fraction of sp³-hybridized carbons (Fsp3) is 0.400. The molecular formula is C10H13NO4. The van der Waals surface area contributed by atoms with E-state index >= 15 is 0 Å². The van der Waals surface area contributed by atoms with Crippen LogP contribution in [0.3, 0.4) is 0 Å². The van der Waals surface area contributed by atoms with Gasteiger partial charge in [0.15, 0.2) is 0 Å². The third-order valence-electron chi connectivity index (χ3n) is 2.63. The van der Waals surface area contributed by atoms with Crippen LogP contribution in [0.2, 0.25) is 0 Å². The zero-order chi connectivity index (χ0) is 11.6. The van der Waals surface area contributed by atoms with Gasteiger partial charge in [-0.15, -0.1) is 0 Å². The van der Waals surface area contributed by atoms with E-state index in [1.807, 2.05) is 0 Å². The average Bonchev–Trinajstić information content (AvgIpc) is 2.16. The minimum absolute atomic E-state index is 0.0601. The highest BCUT2D eigenvalue weighted by molar-refractivity contribution is 5.92. The summed E-state index contributed by atoms with van der Waals surface area (Å²) in [5, 5.41) is 20.7. The van der Waals surface area contributed by atoms with Crippen molar-refractivity contribution in [3.8, 4) is 0 Å². The molecule has 5 nitrogen and oxygen atoms in total. The molecule has 5 heteroatoms. The zero-order valence-electron chi connectivity index (χ0n) is 8.52. The first kappa shape index (κ1) is 11.5. The summed E-state index contributed by atoms with van der Waals surface area (Å²) in [7, 11) is 1.54. The number of likely N-dealkylation sites (N-methyl/N-ethyl adjacent to an activating group) is 1. The molecule has 0 saturated carbocycles. The van der Waals surface area contributed by atoms with E-state index in [2.05, 4.69) is 5.32 Å². The smallest absolute Gasteiger partial charge is 0.333 e. The summed E-state index contributed by atoms with van der Waals surface area (Å²) < 4.78 is 0. The van der Waals surface area contributed by atoms with Crippen LogP contribution in [0.25, 0.3) is 0 Å². The molecule has 0 spiro atoms. The van der Waals surface area contributed by atoms with Gasteiger partial charge in [0.2, 0.25) is 0 Å². The normalized spacial score (nSPS) is 29.7. The topological polar surface area (TPSA) is 86.6 Å². The zero-order valence-corrected chi connectivity index (χ0v) is 8.52. The van der Waals surface area contributed by atoms with Crippen molar-refractivity contribution in [3.05, 3.63) is 23.8 Å². The molecule has 3 N–H and O–H groups in total. The number of aliphatic carboxylic acids is 2. The molecule has 0 amide bonds. The molecule has 2 atom stereocenters. The van der Waals surface area contributed by atoms with Crippen LogP contribution in [0.4, 0.5) is 0 Å². The molecule has 1 aliphatic carbocycles. The molecule has 0 aromatic rings. The Morgan fingerprint density at radius 3 is 2.47 bits per heavy atom. The first-order valence-electron chi connectivity index (χ1n) is 4.47. The largest absolute Gasteiger partial charge is 0.481 e. The SMILES string of the molecule is CNC1C(C(=O)O)=CC=CC1(C)C(=O)O. The molecule has 0 heterocycles. The number of hydrogen-bond acceptors (Lipinski definition) is 3. The van der Waals surface area contributed by atoms with E-state index in [-0.39, 0.29) is 5.57 Å². The van der Waals surface area contributed by atoms with Crippen molar-refractivity contribution in [1.82, 2.24) is 5.32 Å². The van der Waals surface area contributed by atoms with Crippen LogP contribution in [-0.2, 0) is 9.59 Å². The summed E-state index contributed by atoms with van der Waals surface area (Å²) in [6, 6.07) is -0.725. The van der Waals surface area contributed by atoms with E-state index in [1.54, 1.807) is 7.05 Å². The Morgan fingerprint density at radius 1 is 1.47 bits per heavy atom. The Balaban J connectivity index is 3.18. The van der Waals surface area contributed by atoms with Crippen molar-refractivity contribution < 1.29 is 19.8 Å². The van der Waals surface area contributed by atoms with Crippen molar-refractivity contribution in [1.29, 1.82) is 0 Å². The summed E-state index contributed by atoms with van der Waals surface area (Å²) >= 11 is 0. The number of allylic oxidation sites excluding steroid dienone is 2. The Bertz CT molecular complexity index is 358. The molecule has 0 aromatic heterocycles. The van der Waals surface area contributed by atoms with E-state index in [1.165, 1.54) is 25.2 Å². The Morgan fingerprint density at radius 2 is 2.07 bits per heavy atom. The third-order valence-corrected chi connectivity index (χ3v) is 2.63. The number of carbonyl (C=O) groups is 2. The Labute approximate surface area is 87.1 Å². The molecule has 0 saturated heterocycles. The highest BCUT2D eigenvalue weighted by Crippen LogP contribution is 2.31. The number of rotatable bonds is 3. The average molecular weight is 211 g/mol. The molecule has 0 radical (unpaired) electrons. The Kier molecular flexibility index (Phi) is 2.95. The third kappa shape index (κ3) is 1.78. The van der Waals surface area contributed by atoms with E-state index < -0.39 is 23.4 Å². The summed E-state index contributed by atoms with van der Waals surface area (Å²) in [6.07, 6.45) is 4.36. The van der Waals surface area contributed by atoms with Gasteiger partial charge in [-0.1, -0.05) is 18.2 Å². The van der Waals surface area contributed by atoms with Gasteiger partial charge in [0.1, 0.15) is 5.41 Å². The van der Waals surface area contributed by atoms with Gasteiger partial charge in [0, 0.05) is 0 Å². The van der Waals surface area contributed by atoms with Gasteiger partial charge in [-0.05, 0) is 14.0 Å². The lowest BCUT2D eigenvalue weighted by atomic mass is 9.75. The summed E-state index contributed by atoms with van der Waals surface area (Å²) in [6.45, 7) is 1.49. The highest BCUT2D eigenvalue weighted by atomic mass is 16.4. The second kappa shape index (κ2) is 3.86. The second-order valence-electron chi connectivity index (χ2n) is 3.60. The molecule has 0 fully saturated rings. The van der Waals surface area contributed by atoms with E-state index in [0.29, 0.717) is 0 Å². The number of hydrogen-bond donors (Lipinski definition) is 3. The minimum Gasteiger partial charge on any atom is -0.481 e. The maximum Gasteiger partial charge on any atom is 0.333 e. The van der Waals surface area contributed by atoms with E-state index in [4.69, 9.17) is 10.2 Å². The van der Waals surface area contributed by atoms with Gasteiger partial charge in [0.25, 0.3) is 0 Å². The van der Waals surface area contributed by atoms with Crippen LogP contribution in [-0.4, -0.2) is 35.2 Å². The second-order valence-corrected chi connectivity index (χ2v) is 3.60. The van der Waals surface area contributed by atoms with E-state index in [0.717, 1.165) is 0 Å². The molecule has 2 unspecified atom stereocenters. The van der Waals surface area contributed by atoms with Crippen LogP contribution in [0.15, 0.2) is 23.8 Å². The number of carboxylic acids is 2. The molecule has 15 heavy (non-hydrogen) atoms. The van der Waals surface area contributed by atoms with Gasteiger partial charge in [0.05, 0.1) is 11.6 Å². The maximum absolute atomic E-state index is 11.1. The molecule has 0 aliphatic heterocycles.